The van der Waals surface area contributed by atoms with Gasteiger partial charge >= 0.3 is 5.97 Å². The lowest BCUT2D eigenvalue weighted by Crippen LogP contribution is -2.02. The standard InChI is InChI=1S/C27H42O3/c1-2-3-4-5-6-7-8-9-10-11-12-13-14-15-18-23-30-24-26-20-17-16-19-25(26)21-22-27(28)29/h16-17,19-20H,2-14,21-24H2,1H3,(H,28,29). The maximum Gasteiger partial charge on any atom is 0.303 e. The molecular weight excluding hydrogens is 372 g/mol. The van der Waals surface area contributed by atoms with Crippen molar-refractivity contribution in [3.63, 3.8) is 0 Å². The van der Waals surface area contributed by atoms with Gasteiger partial charge in [-0.1, -0.05) is 108 Å². The molecule has 0 atom stereocenters. The Balaban J connectivity index is 1.96. The lowest BCUT2D eigenvalue weighted by atomic mass is 10.0. The van der Waals surface area contributed by atoms with E-state index in [1.165, 1.54) is 77.0 Å². The minimum Gasteiger partial charge on any atom is -0.481 e. The number of carboxylic acid groups (broad SMARTS) is 1. The number of carbonyl (C=O) groups is 1. The Morgan fingerprint density at radius 3 is 2.00 bits per heavy atom. The van der Waals surface area contributed by atoms with Crippen molar-refractivity contribution >= 4 is 5.97 Å². The van der Waals surface area contributed by atoms with Crippen LogP contribution in [0.1, 0.15) is 108 Å². The zero-order valence-corrected chi connectivity index (χ0v) is 19.1. The predicted molar refractivity (Wildman–Crippen MR) is 126 cm³/mol. The summed E-state index contributed by atoms with van der Waals surface area (Å²) in [7, 11) is 0. The van der Waals surface area contributed by atoms with Gasteiger partial charge in [-0.05, 0) is 24.0 Å². The average Bonchev–Trinajstić information content (AvgIpc) is 2.75. The van der Waals surface area contributed by atoms with Crippen molar-refractivity contribution < 1.29 is 14.6 Å². The van der Waals surface area contributed by atoms with Crippen LogP contribution in [0.4, 0.5) is 0 Å². The fourth-order valence-corrected chi connectivity index (χ4v) is 3.59. The largest absolute Gasteiger partial charge is 0.481 e. The summed E-state index contributed by atoms with van der Waals surface area (Å²) < 4.78 is 5.66. The number of hydrogen-bond acceptors (Lipinski definition) is 2. The van der Waals surface area contributed by atoms with Gasteiger partial charge in [0.25, 0.3) is 0 Å². The van der Waals surface area contributed by atoms with Crippen LogP contribution in [-0.4, -0.2) is 17.7 Å². The van der Waals surface area contributed by atoms with E-state index in [4.69, 9.17) is 9.84 Å². The zero-order valence-electron chi connectivity index (χ0n) is 19.1. The van der Waals surface area contributed by atoms with Crippen molar-refractivity contribution in [1.29, 1.82) is 0 Å². The van der Waals surface area contributed by atoms with Crippen LogP contribution in [0.2, 0.25) is 0 Å². The Morgan fingerprint density at radius 1 is 0.833 bits per heavy atom. The zero-order chi connectivity index (χ0) is 21.7. The highest BCUT2D eigenvalue weighted by atomic mass is 16.5. The van der Waals surface area contributed by atoms with Gasteiger partial charge in [0.1, 0.15) is 6.61 Å². The maximum absolute atomic E-state index is 10.8. The molecule has 3 nitrogen and oxygen atoms in total. The summed E-state index contributed by atoms with van der Waals surface area (Å²) in [6.45, 7) is 3.20. The molecule has 0 heterocycles. The smallest absolute Gasteiger partial charge is 0.303 e. The molecule has 0 saturated carbocycles. The summed E-state index contributed by atoms with van der Waals surface area (Å²) in [4.78, 5) is 10.8. The highest BCUT2D eigenvalue weighted by Gasteiger charge is 2.04. The van der Waals surface area contributed by atoms with Gasteiger partial charge in [0.15, 0.2) is 0 Å². The van der Waals surface area contributed by atoms with E-state index in [0.29, 0.717) is 19.6 Å². The second kappa shape index (κ2) is 19.2. The second-order valence-electron chi connectivity index (χ2n) is 8.15. The van der Waals surface area contributed by atoms with Crippen LogP contribution in [0, 0.1) is 11.8 Å². The highest BCUT2D eigenvalue weighted by molar-refractivity contribution is 5.67. The Kier molecular flexibility index (Phi) is 16.8. The van der Waals surface area contributed by atoms with Gasteiger partial charge in [0, 0.05) is 12.8 Å². The van der Waals surface area contributed by atoms with Crippen molar-refractivity contribution in [3.8, 4) is 11.8 Å². The van der Waals surface area contributed by atoms with Crippen LogP contribution in [0.25, 0.3) is 0 Å². The van der Waals surface area contributed by atoms with E-state index in [9.17, 15) is 4.79 Å². The van der Waals surface area contributed by atoms with E-state index < -0.39 is 5.97 Å². The van der Waals surface area contributed by atoms with E-state index in [1.54, 1.807) is 0 Å². The third kappa shape index (κ3) is 15.1. The number of carboxylic acids is 1. The van der Waals surface area contributed by atoms with Gasteiger partial charge in [-0.2, -0.15) is 0 Å². The summed E-state index contributed by atoms with van der Waals surface area (Å²) >= 11 is 0. The molecule has 3 heteroatoms. The van der Waals surface area contributed by atoms with Crippen LogP contribution in [0.15, 0.2) is 24.3 Å². The molecule has 0 aliphatic heterocycles. The summed E-state index contributed by atoms with van der Waals surface area (Å²) in [6, 6.07) is 7.87. The summed E-state index contributed by atoms with van der Waals surface area (Å²) in [6.07, 6.45) is 18.0. The molecule has 0 aliphatic rings. The summed E-state index contributed by atoms with van der Waals surface area (Å²) in [5.74, 6) is 5.54. The highest BCUT2D eigenvalue weighted by Crippen LogP contribution is 2.13. The number of hydrogen-bond donors (Lipinski definition) is 1. The Bertz CT molecular complexity index is 612. The number of aryl methyl sites for hydroxylation is 1. The molecule has 1 rings (SSSR count). The van der Waals surface area contributed by atoms with Gasteiger partial charge in [-0.15, -0.1) is 5.92 Å². The molecular formula is C27H42O3. The Hall–Kier alpha value is -1.79. The SMILES string of the molecule is CCCCCCCCCCCCCCC#CCOCc1ccccc1CCC(=O)O. The van der Waals surface area contributed by atoms with Gasteiger partial charge in [0.2, 0.25) is 0 Å². The quantitative estimate of drug-likeness (QED) is 0.202. The average molecular weight is 415 g/mol. The monoisotopic (exact) mass is 414 g/mol. The number of rotatable bonds is 18. The van der Waals surface area contributed by atoms with E-state index in [1.807, 2.05) is 24.3 Å². The molecule has 1 N–H and O–H groups in total. The van der Waals surface area contributed by atoms with E-state index in [0.717, 1.165) is 17.5 Å². The number of unbranched alkanes of at least 4 members (excludes halogenated alkanes) is 12. The summed E-state index contributed by atoms with van der Waals surface area (Å²) in [5.41, 5.74) is 2.10. The molecule has 0 aliphatic carbocycles. The number of ether oxygens (including phenoxy) is 1. The first-order chi connectivity index (χ1) is 14.7. The first kappa shape index (κ1) is 26.2. The third-order valence-electron chi connectivity index (χ3n) is 5.44. The fourth-order valence-electron chi connectivity index (χ4n) is 3.59. The van der Waals surface area contributed by atoms with Crippen LogP contribution in [0.3, 0.4) is 0 Å². The van der Waals surface area contributed by atoms with Crippen LogP contribution in [-0.2, 0) is 22.6 Å². The third-order valence-corrected chi connectivity index (χ3v) is 5.44. The lowest BCUT2D eigenvalue weighted by molar-refractivity contribution is -0.136. The van der Waals surface area contributed by atoms with Crippen molar-refractivity contribution in [2.75, 3.05) is 6.61 Å². The van der Waals surface area contributed by atoms with Crippen molar-refractivity contribution in [3.05, 3.63) is 35.4 Å². The molecule has 0 unspecified atom stereocenters. The van der Waals surface area contributed by atoms with Crippen LogP contribution >= 0.6 is 0 Å². The van der Waals surface area contributed by atoms with Gasteiger partial charge in [-0.25, -0.2) is 0 Å². The topological polar surface area (TPSA) is 46.5 Å². The lowest BCUT2D eigenvalue weighted by Gasteiger charge is -2.07. The van der Waals surface area contributed by atoms with Gasteiger partial charge < -0.3 is 9.84 Å². The molecule has 0 saturated heterocycles. The van der Waals surface area contributed by atoms with Crippen LogP contribution in [0.5, 0.6) is 0 Å². The number of aliphatic carboxylic acids is 1. The maximum atomic E-state index is 10.8. The minimum absolute atomic E-state index is 0.149. The Labute approximate surface area is 184 Å². The predicted octanol–water partition coefficient (Wildman–Crippen LogP) is 7.32. The molecule has 0 radical (unpaired) electrons. The van der Waals surface area contributed by atoms with Gasteiger partial charge in [0.05, 0.1) is 6.61 Å². The molecule has 0 bridgehead atoms. The van der Waals surface area contributed by atoms with Crippen molar-refractivity contribution in [2.45, 2.75) is 110 Å². The Morgan fingerprint density at radius 2 is 1.40 bits per heavy atom. The molecule has 0 fully saturated rings. The van der Waals surface area contributed by atoms with Crippen molar-refractivity contribution in [2.24, 2.45) is 0 Å². The first-order valence-electron chi connectivity index (χ1n) is 12.1. The molecule has 0 spiro atoms. The molecule has 168 valence electrons. The summed E-state index contributed by atoms with van der Waals surface area (Å²) in [5, 5.41) is 8.85. The van der Waals surface area contributed by atoms with Gasteiger partial charge in [-0.3, -0.25) is 4.79 Å². The fraction of sp³-hybridized carbons (Fsp3) is 0.667. The second-order valence-corrected chi connectivity index (χ2v) is 8.15. The normalized spacial score (nSPS) is 10.6. The molecule has 0 amide bonds. The molecule has 30 heavy (non-hydrogen) atoms. The molecule has 0 aromatic heterocycles. The first-order valence-corrected chi connectivity index (χ1v) is 12.1. The minimum atomic E-state index is -0.769. The van der Waals surface area contributed by atoms with Crippen molar-refractivity contribution in [1.82, 2.24) is 0 Å². The number of benzene rings is 1. The molecule has 1 aromatic carbocycles. The van der Waals surface area contributed by atoms with E-state index in [2.05, 4.69) is 18.8 Å². The molecule has 1 aromatic rings. The van der Waals surface area contributed by atoms with Crippen LogP contribution < -0.4 is 0 Å². The van der Waals surface area contributed by atoms with E-state index in [-0.39, 0.29) is 6.42 Å². The van der Waals surface area contributed by atoms with E-state index >= 15 is 0 Å².